The molecule has 2 heteroatoms. The van der Waals surface area contributed by atoms with Crippen molar-refractivity contribution in [3.63, 3.8) is 0 Å². The summed E-state index contributed by atoms with van der Waals surface area (Å²) in [5, 5.41) is 0. The van der Waals surface area contributed by atoms with Crippen molar-refractivity contribution < 1.29 is 4.70 Å². The largest absolute Gasteiger partial charge is 0.493 e. The third-order valence-corrected chi connectivity index (χ3v) is 9.01. The SMILES string of the molecule is CCCCCCCCc1ccc(C2=C(CCCC)C(CCCC)=C(c3ccc(CCCCCCCC)cc3)[N+]2=[N-])cc1. The van der Waals surface area contributed by atoms with Gasteiger partial charge in [0.1, 0.15) is 0 Å². The van der Waals surface area contributed by atoms with Gasteiger partial charge in [-0.15, -0.1) is 0 Å². The smallest absolute Gasteiger partial charge is 0.211 e. The molecule has 0 N–H and O–H groups in total. The third-order valence-electron chi connectivity index (χ3n) is 9.01. The van der Waals surface area contributed by atoms with E-state index < -0.39 is 0 Å². The number of hydrogen-bond acceptors (Lipinski definition) is 0. The zero-order valence-corrected chi connectivity index (χ0v) is 27.7. The highest BCUT2D eigenvalue weighted by molar-refractivity contribution is 5.82. The molecule has 1 heterocycles. The molecule has 2 nitrogen and oxygen atoms in total. The topological polar surface area (TPSA) is 25.3 Å². The van der Waals surface area contributed by atoms with Crippen LogP contribution in [0.3, 0.4) is 0 Å². The van der Waals surface area contributed by atoms with Crippen LogP contribution in [0.2, 0.25) is 0 Å². The molecule has 2 aromatic carbocycles. The van der Waals surface area contributed by atoms with Crippen LogP contribution in [0.15, 0.2) is 59.7 Å². The van der Waals surface area contributed by atoms with Crippen molar-refractivity contribution in [2.75, 3.05) is 0 Å². The van der Waals surface area contributed by atoms with Gasteiger partial charge in [0.25, 0.3) is 0 Å². The Kier molecular flexibility index (Phi) is 15.9. The second-order valence-electron chi connectivity index (χ2n) is 12.6. The van der Waals surface area contributed by atoms with Gasteiger partial charge in [-0.25, -0.2) is 4.70 Å². The molecule has 0 radical (unpaired) electrons. The Morgan fingerprint density at radius 2 is 0.738 bits per heavy atom. The van der Waals surface area contributed by atoms with Gasteiger partial charge >= 0.3 is 0 Å². The molecule has 230 valence electrons. The molecule has 0 atom stereocenters. The van der Waals surface area contributed by atoms with Crippen molar-refractivity contribution in [2.45, 2.75) is 156 Å². The van der Waals surface area contributed by atoms with Crippen molar-refractivity contribution in [1.82, 2.24) is 0 Å². The maximum atomic E-state index is 11.8. The minimum absolute atomic E-state index is 1.01. The zero-order valence-electron chi connectivity index (χ0n) is 27.7. The normalized spacial score (nSPS) is 13.6. The minimum Gasteiger partial charge on any atom is -0.493 e. The van der Waals surface area contributed by atoms with Gasteiger partial charge in [0.15, 0.2) is 0 Å². The number of hydrogen-bond donors (Lipinski definition) is 0. The molecular weight excluding hydrogens is 508 g/mol. The molecule has 0 saturated heterocycles. The molecule has 1 aliphatic heterocycles. The van der Waals surface area contributed by atoms with Crippen LogP contribution in [0.4, 0.5) is 0 Å². The Balaban J connectivity index is 1.78. The highest BCUT2D eigenvalue weighted by Gasteiger charge is 2.35. The predicted octanol–water partition coefficient (Wildman–Crippen LogP) is 13.0. The van der Waals surface area contributed by atoms with Crippen LogP contribution in [0, 0.1) is 0 Å². The first-order valence-electron chi connectivity index (χ1n) is 17.8. The van der Waals surface area contributed by atoms with Crippen LogP contribution in [0.5, 0.6) is 0 Å². The van der Waals surface area contributed by atoms with Crippen LogP contribution >= 0.6 is 0 Å². The Hall–Kier alpha value is -2.48. The lowest BCUT2D eigenvalue weighted by Crippen LogP contribution is -2.03. The second kappa shape index (κ2) is 19.7. The van der Waals surface area contributed by atoms with E-state index in [0.29, 0.717) is 0 Å². The summed E-state index contributed by atoms with van der Waals surface area (Å²) in [5.74, 6) is 0. The molecule has 0 bridgehead atoms. The number of unbranched alkanes of at least 4 members (excludes halogenated alkanes) is 12. The molecule has 0 spiro atoms. The summed E-state index contributed by atoms with van der Waals surface area (Å²) in [7, 11) is 0. The fraction of sp³-hybridized carbons (Fsp3) is 0.600. The lowest BCUT2D eigenvalue weighted by molar-refractivity contribution is -0.345. The summed E-state index contributed by atoms with van der Waals surface area (Å²) in [6.07, 6.45) is 24.9. The van der Waals surface area contributed by atoms with E-state index in [4.69, 9.17) is 0 Å². The van der Waals surface area contributed by atoms with Crippen LogP contribution in [0.1, 0.15) is 166 Å². The lowest BCUT2D eigenvalue weighted by Gasteiger charge is -2.11. The van der Waals surface area contributed by atoms with E-state index in [2.05, 4.69) is 76.2 Å². The van der Waals surface area contributed by atoms with Crippen LogP contribution in [-0.2, 0) is 12.8 Å². The van der Waals surface area contributed by atoms with Crippen molar-refractivity contribution in [1.29, 1.82) is 0 Å². The first-order chi connectivity index (χ1) is 20.6. The van der Waals surface area contributed by atoms with E-state index >= 15 is 0 Å². The van der Waals surface area contributed by atoms with Gasteiger partial charge in [-0.1, -0.05) is 129 Å². The van der Waals surface area contributed by atoms with E-state index in [1.54, 1.807) is 4.70 Å². The summed E-state index contributed by atoms with van der Waals surface area (Å²) in [6.45, 7) is 9.09. The van der Waals surface area contributed by atoms with Crippen molar-refractivity contribution in [3.05, 3.63) is 87.5 Å². The Morgan fingerprint density at radius 3 is 1.10 bits per heavy atom. The molecule has 3 rings (SSSR count). The average molecular weight is 569 g/mol. The maximum absolute atomic E-state index is 11.8. The molecule has 0 fully saturated rings. The highest BCUT2D eigenvalue weighted by atomic mass is 15.2. The van der Waals surface area contributed by atoms with Gasteiger partial charge in [0, 0.05) is 22.3 Å². The summed E-state index contributed by atoms with van der Waals surface area (Å²) < 4.78 is 1.54. The first kappa shape index (κ1) is 34.0. The van der Waals surface area contributed by atoms with Gasteiger partial charge in [0.05, 0.1) is 0 Å². The van der Waals surface area contributed by atoms with Crippen molar-refractivity contribution in [2.24, 2.45) is 0 Å². The number of allylic oxidation sites excluding steroid dienone is 2. The van der Waals surface area contributed by atoms with E-state index in [0.717, 1.165) is 73.9 Å². The summed E-state index contributed by atoms with van der Waals surface area (Å²) in [6, 6.07) is 18.2. The van der Waals surface area contributed by atoms with Crippen LogP contribution < -0.4 is 0 Å². The molecule has 2 aromatic rings. The van der Waals surface area contributed by atoms with Crippen molar-refractivity contribution >= 4 is 11.4 Å². The van der Waals surface area contributed by atoms with Gasteiger partial charge in [-0.3, -0.25) is 0 Å². The predicted molar refractivity (Wildman–Crippen MR) is 184 cm³/mol. The Labute approximate surface area is 259 Å². The van der Waals surface area contributed by atoms with Gasteiger partial charge in [-0.05, 0) is 86.8 Å². The molecule has 1 aliphatic rings. The van der Waals surface area contributed by atoms with E-state index in [9.17, 15) is 5.53 Å². The zero-order chi connectivity index (χ0) is 30.0. The van der Waals surface area contributed by atoms with E-state index in [1.807, 2.05) is 0 Å². The Morgan fingerprint density at radius 1 is 0.405 bits per heavy atom. The number of nitrogens with zero attached hydrogens (tertiary/aromatic N) is 2. The van der Waals surface area contributed by atoms with Gasteiger partial charge < -0.3 is 5.53 Å². The van der Waals surface area contributed by atoms with Crippen molar-refractivity contribution in [3.8, 4) is 0 Å². The first-order valence-corrected chi connectivity index (χ1v) is 17.8. The highest BCUT2D eigenvalue weighted by Crippen LogP contribution is 2.44. The molecule has 42 heavy (non-hydrogen) atoms. The number of rotatable bonds is 22. The van der Waals surface area contributed by atoms with E-state index in [1.165, 1.54) is 99.3 Å². The minimum atomic E-state index is 1.01. The summed E-state index contributed by atoms with van der Waals surface area (Å²) in [4.78, 5) is 0. The number of benzene rings is 2. The van der Waals surface area contributed by atoms with Crippen LogP contribution in [-0.4, -0.2) is 4.70 Å². The Bertz CT molecular complexity index is 1030. The molecule has 0 aromatic heterocycles. The monoisotopic (exact) mass is 568 g/mol. The van der Waals surface area contributed by atoms with Gasteiger partial charge in [-0.2, -0.15) is 0 Å². The number of aryl methyl sites for hydroxylation is 2. The molecule has 0 aliphatic carbocycles. The molecule has 0 unspecified atom stereocenters. The molecule has 0 saturated carbocycles. The summed E-state index contributed by atoms with van der Waals surface area (Å²) >= 11 is 0. The van der Waals surface area contributed by atoms with Gasteiger partial charge in [0.2, 0.25) is 11.4 Å². The fourth-order valence-corrected chi connectivity index (χ4v) is 6.37. The molecule has 0 amide bonds. The fourth-order valence-electron chi connectivity index (χ4n) is 6.37. The summed E-state index contributed by atoms with van der Waals surface area (Å²) in [5.41, 5.74) is 21.6. The van der Waals surface area contributed by atoms with Crippen LogP contribution in [0.25, 0.3) is 16.9 Å². The lowest BCUT2D eigenvalue weighted by atomic mass is 9.92. The standard InChI is InChI=1S/C40H60N2/c1-5-9-13-15-17-19-21-33-25-29-35(30-26-33)39-37(23-11-7-3)38(24-12-8-4)40(42(39)41)36-31-27-34(28-32-36)22-20-18-16-14-10-6-2/h25-32H,5-24H2,1-4H3. The third kappa shape index (κ3) is 10.4. The quantitative estimate of drug-likeness (QED) is 0.0997. The van der Waals surface area contributed by atoms with E-state index in [-0.39, 0.29) is 0 Å². The second-order valence-corrected chi connectivity index (χ2v) is 12.6. The average Bonchev–Trinajstić information content (AvgIpc) is 3.29. The maximum Gasteiger partial charge on any atom is 0.211 e. The molecular formula is C40H60N2.